The van der Waals surface area contributed by atoms with Crippen molar-refractivity contribution in [3.05, 3.63) is 35.6 Å². The summed E-state index contributed by atoms with van der Waals surface area (Å²) in [5.74, 6) is -0.181. The molecule has 0 heterocycles. The van der Waals surface area contributed by atoms with Gasteiger partial charge in [0.1, 0.15) is 5.82 Å². The van der Waals surface area contributed by atoms with E-state index in [1.165, 1.54) is 12.1 Å². The number of ether oxygens (including phenoxy) is 1. The lowest BCUT2D eigenvalue weighted by Crippen LogP contribution is -2.31. The molecule has 0 bridgehead atoms. The Bertz CT molecular complexity index is 273. The second-order valence-electron chi connectivity index (χ2n) is 3.69. The Kier molecular flexibility index (Phi) is 5.29. The maximum Gasteiger partial charge on any atom is 0.123 e. The fraction of sp³-hybridized carbons (Fsp3) is 0.500. The Morgan fingerprint density at radius 2 is 2.00 bits per heavy atom. The third-order valence-electron chi connectivity index (χ3n) is 2.24. The Hall–Kier alpha value is -0.930. The fourth-order valence-corrected chi connectivity index (χ4v) is 1.42. The molecule has 1 aromatic rings. The van der Waals surface area contributed by atoms with E-state index in [1.54, 1.807) is 7.11 Å². The highest BCUT2D eigenvalue weighted by Gasteiger charge is 1.99. The molecule has 0 saturated carbocycles. The van der Waals surface area contributed by atoms with E-state index in [1.807, 2.05) is 12.1 Å². The molecular weight excluding hydrogens is 193 g/mol. The Morgan fingerprint density at radius 3 is 2.60 bits per heavy atom. The van der Waals surface area contributed by atoms with E-state index in [9.17, 15) is 4.39 Å². The number of benzene rings is 1. The van der Waals surface area contributed by atoms with Crippen molar-refractivity contribution < 1.29 is 9.13 Å². The molecule has 1 atom stereocenters. The maximum atomic E-state index is 12.6. The molecule has 0 radical (unpaired) electrons. The number of hydrogen-bond donors (Lipinski definition) is 1. The van der Waals surface area contributed by atoms with Crippen molar-refractivity contribution in [2.75, 3.05) is 20.3 Å². The number of hydrogen-bond acceptors (Lipinski definition) is 2. The van der Waals surface area contributed by atoms with E-state index in [0.717, 1.165) is 18.5 Å². The van der Waals surface area contributed by atoms with E-state index in [0.29, 0.717) is 12.6 Å². The van der Waals surface area contributed by atoms with Gasteiger partial charge < -0.3 is 10.1 Å². The number of rotatable bonds is 6. The predicted octanol–water partition coefficient (Wildman–Crippen LogP) is 1.99. The third kappa shape index (κ3) is 4.91. The normalized spacial score (nSPS) is 12.7. The standard InChI is InChI=1S/C12H18FNO/c1-10(9-15-2)14-8-7-11-3-5-12(13)6-4-11/h3-6,10,14H,7-9H2,1-2H3/t10-/m0/s1. The lowest BCUT2D eigenvalue weighted by atomic mass is 10.1. The van der Waals surface area contributed by atoms with Crippen LogP contribution in [0.2, 0.25) is 0 Å². The largest absolute Gasteiger partial charge is 0.383 e. The highest BCUT2D eigenvalue weighted by atomic mass is 19.1. The smallest absolute Gasteiger partial charge is 0.123 e. The van der Waals surface area contributed by atoms with Gasteiger partial charge in [0.15, 0.2) is 0 Å². The maximum absolute atomic E-state index is 12.6. The summed E-state index contributed by atoms with van der Waals surface area (Å²) in [5, 5.41) is 3.33. The van der Waals surface area contributed by atoms with Gasteiger partial charge in [0.25, 0.3) is 0 Å². The molecule has 0 saturated heterocycles. The van der Waals surface area contributed by atoms with Gasteiger partial charge in [-0.3, -0.25) is 0 Å². The summed E-state index contributed by atoms with van der Waals surface area (Å²) in [5.41, 5.74) is 1.15. The Balaban J connectivity index is 2.22. The lowest BCUT2D eigenvalue weighted by Gasteiger charge is -2.12. The number of methoxy groups -OCH3 is 1. The molecule has 0 amide bonds. The first-order valence-corrected chi connectivity index (χ1v) is 5.19. The molecule has 1 rings (SSSR count). The van der Waals surface area contributed by atoms with Crippen LogP contribution in [0.25, 0.3) is 0 Å². The summed E-state index contributed by atoms with van der Waals surface area (Å²) in [7, 11) is 1.69. The van der Waals surface area contributed by atoms with E-state index in [2.05, 4.69) is 12.2 Å². The van der Waals surface area contributed by atoms with Gasteiger partial charge in [0.05, 0.1) is 6.61 Å². The Labute approximate surface area is 90.4 Å². The van der Waals surface area contributed by atoms with Gasteiger partial charge in [0, 0.05) is 13.2 Å². The summed E-state index contributed by atoms with van der Waals surface area (Å²) in [6.07, 6.45) is 0.911. The van der Waals surface area contributed by atoms with Crippen LogP contribution < -0.4 is 5.32 Å². The topological polar surface area (TPSA) is 21.3 Å². The van der Waals surface area contributed by atoms with Crippen LogP contribution in [0.1, 0.15) is 12.5 Å². The number of nitrogens with one attached hydrogen (secondary N) is 1. The summed E-state index contributed by atoms with van der Waals surface area (Å²) in [4.78, 5) is 0. The second kappa shape index (κ2) is 6.53. The molecule has 0 spiro atoms. The van der Waals surface area contributed by atoms with E-state index in [-0.39, 0.29) is 5.82 Å². The van der Waals surface area contributed by atoms with Crippen LogP contribution in [0, 0.1) is 5.82 Å². The molecular formula is C12H18FNO. The summed E-state index contributed by atoms with van der Waals surface area (Å²) < 4.78 is 17.6. The van der Waals surface area contributed by atoms with Crippen molar-refractivity contribution in [1.29, 1.82) is 0 Å². The minimum Gasteiger partial charge on any atom is -0.383 e. The van der Waals surface area contributed by atoms with Crippen LogP contribution in [0.3, 0.4) is 0 Å². The predicted molar refractivity (Wildman–Crippen MR) is 59.4 cm³/mol. The van der Waals surface area contributed by atoms with Crippen LogP contribution in [0.4, 0.5) is 4.39 Å². The van der Waals surface area contributed by atoms with Gasteiger partial charge in [-0.05, 0) is 37.6 Å². The van der Waals surface area contributed by atoms with Gasteiger partial charge >= 0.3 is 0 Å². The third-order valence-corrected chi connectivity index (χ3v) is 2.24. The van der Waals surface area contributed by atoms with Gasteiger partial charge in [0.2, 0.25) is 0 Å². The monoisotopic (exact) mass is 211 g/mol. The first kappa shape index (κ1) is 12.1. The molecule has 0 unspecified atom stereocenters. The lowest BCUT2D eigenvalue weighted by molar-refractivity contribution is 0.172. The van der Waals surface area contributed by atoms with Crippen LogP contribution in [0.5, 0.6) is 0 Å². The molecule has 2 nitrogen and oxygen atoms in total. The van der Waals surface area contributed by atoms with Gasteiger partial charge in [-0.1, -0.05) is 12.1 Å². The molecule has 0 aliphatic rings. The average Bonchev–Trinajstić information content (AvgIpc) is 2.21. The molecule has 15 heavy (non-hydrogen) atoms. The molecule has 0 aromatic heterocycles. The molecule has 0 fully saturated rings. The molecule has 1 aromatic carbocycles. The van der Waals surface area contributed by atoms with Crippen LogP contribution in [-0.2, 0) is 11.2 Å². The van der Waals surface area contributed by atoms with E-state index < -0.39 is 0 Å². The second-order valence-corrected chi connectivity index (χ2v) is 3.69. The molecule has 84 valence electrons. The summed E-state index contributed by atoms with van der Waals surface area (Å²) in [6, 6.07) is 6.98. The first-order chi connectivity index (χ1) is 7.22. The van der Waals surface area contributed by atoms with Crippen LogP contribution in [-0.4, -0.2) is 26.3 Å². The fourth-order valence-electron chi connectivity index (χ4n) is 1.42. The highest BCUT2D eigenvalue weighted by Crippen LogP contribution is 2.02. The molecule has 0 aliphatic heterocycles. The van der Waals surface area contributed by atoms with Crippen molar-refractivity contribution in [2.24, 2.45) is 0 Å². The van der Waals surface area contributed by atoms with Crippen LogP contribution >= 0.6 is 0 Å². The molecule has 0 aliphatic carbocycles. The Morgan fingerprint density at radius 1 is 1.33 bits per heavy atom. The van der Waals surface area contributed by atoms with Crippen LogP contribution in [0.15, 0.2) is 24.3 Å². The van der Waals surface area contributed by atoms with Crippen molar-refractivity contribution in [3.63, 3.8) is 0 Å². The van der Waals surface area contributed by atoms with Gasteiger partial charge in [-0.25, -0.2) is 4.39 Å². The van der Waals surface area contributed by atoms with E-state index in [4.69, 9.17) is 4.74 Å². The summed E-state index contributed by atoms with van der Waals surface area (Å²) in [6.45, 7) is 3.67. The van der Waals surface area contributed by atoms with Gasteiger partial charge in [-0.2, -0.15) is 0 Å². The zero-order chi connectivity index (χ0) is 11.1. The van der Waals surface area contributed by atoms with Crippen molar-refractivity contribution >= 4 is 0 Å². The minimum absolute atomic E-state index is 0.181. The van der Waals surface area contributed by atoms with Crippen molar-refractivity contribution in [1.82, 2.24) is 5.32 Å². The zero-order valence-electron chi connectivity index (χ0n) is 9.29. The zero-order valence-corrected chi connectivity index (χ0v) is 9.29. The van der Waals surface area contributed by atoms with E-state index >= 15 is 0 Å². The summed E-state index contributed by atoms with van der Waals surface area (Å²) >= 11 is 0. The minimum atomic E-state index is -0.181. The average molecular weight is 211 g/mol. The number of halogens is 1. The first-order valence-electron chi connectivity index (χ1n) is 5.19. The molecule has 1 N–H and O–H groups in total. The highest BCUT2D eigenvalue weighted by molar-refractivity contribution is 5.16. The van der Waals surface area contributed by atoms with Crippen molar-refractivity contribution in [2.45, 2.75) is 19.4 Å². The van der Waals surface area contributed by atoms with Crippen molar-refractivity contribution in [3.8, 4) is 0 Å². The SMILES string of the molecule is COC[C@H](C)NCCc1ccc(F)cc1. The quantitative estimate of drug-likeness (QED) is 0.777. The van der Waals surface area contributed by atoms with Gasteiger partial charge in [-0.15, -0.1) is 0 Å². The molecule has 3 heteroatoms.